The van der Waals surface area contributed by atoms with Crippen LogP contribution in [0, 0.1) is 16.7 Å². The second kappa shape index (κ2) is 8.43. The molecule has 2 bridgehead atoms. The fourth-order valence-corrected chi connectivity index (χ4v) is 5.78. The second-order valence-corrected chi connectivity index (χ2v) is 10.3. The first kappa shape index (κ1) is 23.7. The van der Waals surface area contributed by atoms with Gasteiger partial charge in [0.05, 0.1) is 19.3 Å². The van der Waals surface area contributed by atoms with Gasteiger partial charge < -0.3 is 49.6 Å². The van der Waals surface area contributed by atoms with Crippen LogP contribution in [-0.4, -0.2) is 105 Å². The molecule has 0 radical (unpaired) electrons. The number of hydrogen-bond acceptors (Lipinski definition) is 10. The van der Waals surface area contributed by atoms with E-state index in [9.17, 15) is 30.6 Å². The first-order valence-corrected chi connectivity index (χ1v) is 11.1. The predicted molar refractivity (Wildman–Crippen MR) is 104 cm³/mol. The standard InChI is InChI=1S/C21H36O10/c1-20(2)9-4-5-21(20,3)12(6-9)31-19-17(27)15(25)14(24)11(30-19)8-29-18-16(26)13(23)10(22)7-28-18/h9-19,22-27H,4-8H2,1-3H3/t9-,10-,11-,12+,13+,14-,15+,16-,17-,18+,19+,21+/m1/s1. The maximum Gasteiger partial charge on any atom is 0.186 e. The highest BCUT2D eigenvalue weighted by Crippen LogP contribution is 2.66. The summed E-state index contributed by atoms with van der Waals surface area (Å²) in [5, 5.41) is 60.5. The van der Waals surface area contributed by atoms with Crippen LogP contribution in [0.2, 0.25) is 0 Å². The zero-order valence-corrected chi connectivity index (χ0v) is 18.2. The van der Waals surface area contributed by atoms with E-state index in [1.807, 2.05) is 0 Å². The Balaban J connectivity index is 1.39. The molecule has 2 aliphatic carbocycles. The van der Waals surface area contributed by atoms with Crippen molar-refractivity contribution >= 4 is 0 Å². The normalized spacial score (nSPS) is 54.3. The van der Waals surface area contributed by atoms with Crippen molar-refractivity contribution in [1.29, 1.82) is 0 Å². The van der Waals surface area contributed by atoms with Crippen molar-refractivity contribution in [1.82, 2.24) is 0 Å². The van der Waals surface area contributed by atoms with Gasteiger partial charge >= 0.3 is 0 Å². The van der Waals surface area contributed by atoms with Crippen molar-refractivity contribution in [2.75, 3.05) is 13.2 Å². The molecule has 2 heterocycles. The lowest BCUT2D eigenvalue weighted by Gasteiger charge is -2.45. The van der Waals surface area contributed by atoms with Gasteiger partial charge in [0.1, 0.15) is 42.7 Å². The van der Waals surface area contributed by atoms with Gasteiger partial charge in [-0.2, -0.15) is 0 Å². The van der Waals surface area contributed by atoms with Crippen LogP contribution in [0.15, 0.2) is 0 Å². The van der Waals surface area contributed by atoms with Gasteiger partial charge in [0, 0.05) is 0 Å². The van der Waals surface area contributed by atoms with E-state index in [-0.39, 0.29) is 30.1 Å². The van der Waals surface area contributed by atoms with Gasteiger partial charge in [-0.3, -0.25) is 0 Å². The van der Waals surface area contributed by atoms with E-state index >= 15 is 0 Å². The molecule has 10 heteroatoms. The molecule has 0 amide bonds. The molecule has 0 unspecified atom stereocenters. The Kier molecular flexibility index (Phi) is 6.46. The van der Waals surface area contributed by atoms with Crippen molar-refractivity contribution in [2.45, 2.75) is 101 Å². The van der Waals surface area contributed by atoms with Crippen LogP contribution in [0.25, 0.3) is 0 Å². The molecule has 10 nitrogen and oxygen atoms in total. The summed E-state index contributed by atoms with van der Waals surface area (Å²) in [6, 6.07) is 0. The fraction of sp³-hybridized carbons (Fsp3) is 1.00. The monoisotopic (exact) mass is 448 g/mol. The summed E-state index contributed by atoms with van der Waals surface area (Å²) in [5.41, 5.74) is 0.0164. The SMILES string of the molecule is CC1(C)[C@@H]2CC[C@@]1(C)[C@@H](O[C@@H]1O[C@H](CO[C@@H]3OC[C@@H](O)[C@H](O)[C@H]3O)[C@@H](O)[C@H](O)[C@H]1O)C2. The van der Waals surface area contributed by atoms with Crippen molar-refractivity contribution in [3.8, 4) is 0 Å². The van der Waals surface area contributed by atoms with Crippen LogP contribution in [0.5, 0.6) is 0 Å². The lowest BCUT2D eigenvalue weighted by molar-refractivity contribution is -0.333. The van der Waals surface area contributed by atoms with Gasteiger partial charge in [-0.1, -0.05) is 20.8 Å². The van der Waals surface area contributed by atoms with E-state index in [0.717, 1.165) is 19.3 Å². The molecule has 4 rings (SSSR count). The molecule has 2 saturated heterocycles. The second-order valence-electron chi connectivity index (χ2n) is 10.3. The molecular formula is C21H36O10. The topological polar surface area (TPSA) is 158 Å². The predicted octanol–water partition coefficient (Wildman–Crippen LogP) is -1.52. The quantitative estimate of drug-likeness (QED) is 0.292. The number of aliphatic hydroxyl groups excluding tert-OH is 6. The lowest BCUT2D eigenvalue weighted by atomic mass is 9.70. The summed E-state index contributed by atoms with van der Waals surface area (Å²) in [7, 11) is 0. The minimum atomic E-state index is -1.50. The summed E-state index contributed by atoms with van der Waals surface area (Å²) in [6.07, 6.45) is -9.10. The Morgan fingerprint density at radius 3 is 2.16 bits per heavy atom. The summed E-state index contributed by atoms with van der Waals surface area (Å²) >= 11 is 0. The molecular weight excluding hydrogens is 412 g/mol. The molecule has 6 N–H and O–H groups in total. The average Bonchev–Trinajstić information content (AvgIpc) is 3.06. The summed E-state index contributed by atoms with van der Waals surface area (Å²) in [6.45, 7) is 6.16. The van der Waals surface area contributed by atoms with Crippen molar-refractivity contribution in [3.05, 3.63) is 0 Å². The molecule has 0 aromatic heterocycles. The zero-order chi connectivity index (χ0) is 22.7. The Morgan fingerprint density at radius 2 is 1.55 bits per heavy atom. The molecule has 2 saturated carbocycles. The average molecular weight is 449 g/mol. The highest BCUT2D eigenvalue weighted by Gasteiger charge is 2.63. The molecule has 4 fully saturated rings. The molecule has 12 atom stereocenters. The Bertz CT molecular complexity index is 646. The van der Waals surface area contributed by atoms with E-state index in [1.54, 1.807) is 0 Å². The molecule has 0 aromatic rings. The minimum Gasteiger partial charge on any atom is -0.388 e. The third kappa shape index (κ3) is 3.84. The minimum absolute atomic E-state index is 0.0786. The third-order valence-electron chi connectivity index (χ3n) is 8.56. The summed E-state index contributed by atoms with van der Waals surface area (Å²) in [5.74, 6) is 0.518. The Hall–Kier alpha value is -0.400. The van der Waals surface area contributed by atoms with Crippen molar-refractivity contribution in [2.24, 2.45) is 16.7 Å². The van der Waals surface area contributed by atoms with E-state index in [4.69, 9.17) is 18.9 Å². The molecule has 0 aromatic carbocycles. The first-order chi connectivity index (χ1) is 14.5. The Labute approximate surface area is 181 Å². The highest BCUT2D eigenvalue weighted by atomic mass is 16.7. The van der Waals surface area contributed by atoms with Crippen LogP contribution >= 0.6 is 0 Å². The van der Waals surface area contributed by atoms with Gasteiger partial charge in [-0.15, -0.1) is 0 Å². The highest BCUT2D eigenvalue weighted by molar-refractivity contribution is 5.11. The van der Waals surface area contributed by atoms with Crippen LogP contribution in [-0.2, 0) is 18.9 Å². The van der Waals surface area contributed by atoms with Crippen molar-refractivity contribution in [3.63, 3.8) is 0 Å². The van der Waals surface area contributed by atoms with Gasteiger partial charge in [0.15, 0.2) is 12.6 Å². The van der Waals surface area contributed by atoms with Gasteiger partial charge in [-0.05, 0) is 36.0 Å². The van der Waals surface area contributed by atoms with Crippen LogP contribution in [0.4, 0.5) is 0 Å². The van der Waals surface area contributed by atoms with Gasteiger partial charge in [0.25, 0.3) is 0 Å². The number of fused-ring (bicyclic) bond motifs is 2. The fourth-order valence-electron chi connectivity index (χ4n) is 5.78. The van der Waals surface area contributed by atoms with E-state index in [2.05, 4.69) is 20.8 Å². The number of ether oxygens (including phenoxy) is 4. The lowest BCUT2D eigenvalue weighted by Crippen LogP contribution is -2.61. The maximum atomic E-state index is 10.5. The zero-order valence-electron chi connectivity index (χ0n) is 18.2. The first-order valence-electron chi connectivity index (χ1n) is 11.1. The van der Waals surface area contributed by atoms with E-state index < -0.39 is 55.3 Å². The van der Waals surface area contributed by atoms with E-state index in [1.165, 1.54) is 0 Å². The number of aliphatic hydroxyl groups is 6. The summed E-state index contributed by atoms with van der Waals surface area (Å²) in [4.78, 5) is 0. The number of rotatable bonds is 5. The third-order valence-corrected chi connectivity index (χ3v) is 8.56. The molecule has 4 aliphatic rings. The van der Waals surface area contributed by atoms with E-state index in [0.29, 0.717) is 5.92 Å². The largest absolute Gasteiger partial charge is 0.388 e. The molecule has 2 aliphatic heterocycles. The molecule has 0 spiro atoms. The van der Waals surface area contributed by atoms with Crippen LogP contribution in [0.1, 0.15) is 40.0 Å². The molecule has 31 heavy (non-hydrogen) atoms. The Morgan fingerprint density at radius 1 is 0.871 bits per heavy atom. The smallest absolute Gasteiger partial charge is 0.186 e. The number of hydrogen-bond donors (Lipinski definition) is 6. The van der Waals surface area contributed by atoms with Gasteiger partial charge in [-0.25, -0.2) is 0 Å². The van der Waals surface area contributed by atoms with Crippen molar-refractivity contribution < 1.29 is 49.6 Å². The molecule has 180 valence electrons. The summed E-state index contributed by atoms with van der Waals surface area (Å²) < 4.78 is 22.6. The maximum absolute atomic E-state index is 10.5. The van der Waals surface area contributed by atoms with Crippen LogP contribution in [0.3, 0.4) is 0 Å². The van der Waals surface area contributed by atoms with Gasteiger partial charge in [0.2, 0.25) is 0 Å². The van der Waals surface area contributed by atoms with Crippen LogP contribution < -0.4 is 0 Å².